The van der Waals surface area contributed by atoms with Crippen LogP contribution in [0, 0.1) is 11.7 Å². The fourth-order valence-corrected chi connectivity index (χ4v) is 3.29. The predicted octanol–water partition coefficient (Wildman–Crippen LogP) is 2.40. The van der Waals surface area contributed by atoms with E-state index in [4.69, 9.17) is 0 Å². The predicted molar refractivity (Wildman–Crippen MR) is 56.8 cm³/mol. The van der Waals surface area contributed by atoms with Crippen molar-refractivity contribution in [3.05, 3.63) is 35.6 Å². The van der Waals surface area contributed by atoms with Gasteiger partial charge in [0.1, 0.15) is 11.4 Å². The molecule has 76 valence electrons. The molecule has 1 heterocycles. The lowest BCUT2D eigenvalue weighted by molar-refractivity contribution is 0.0234. The molecule has 0 saturated carbocycles. The molecule has 1 saturated heterocycles. The average Bonchev–Trinajstić information content (AvgIpc) is 2.49. The summed E-state index contributed by atoms with van der Waals surface area (Å²) in [4.78, 5) is 0. The lowest BCUT2D eigenvalue weighted by Gasteiger charge is -2.27. The Bertz CT molecular complexity index is 325. The van der Waals surface area contributed by atoms with Crippen molar-refractivity contribution in [3.63, 3.8) is 0 Å². The Hall–Kier alpha value is -0.540. The molecule has 0 bridgehead atoms. The van der Waals surface area contributed by atoms with Gasteiger partial charge in [-0.3, -0.25) is 0 Å². The lowest BCUT2D eigenvalue weighted by atomic mass is 9.85. The van der Waals surface area contributed by atoms with Gasteiger partial charge in [-0.05, 0) is 29.4 Å². The molecule has 0 spiro atoms. The molecule has 1 nitrogen and oxygen atoms in total. The van der Waals surface area contributed by atoms with E-state index in [-0.39, 0.29) is 11.7 Å². The van der Waals surface area contributed by atoms with Crippen molar-refractivity contribution in [1.29, 1.82) is 0 Å². The Morgan fingerprint density at radius 2 is 2.07 bits per heavy atom. The molecule has 1 aromatic carbocycles. The number of thioether (sulfide) groups is 1. The Balaban J connectivity index is 2.34. The van der Waals surface area contributed by atoms with E-state index in [2.05, 4.69) is 0 Å². The van der Waals surface area contributed by atoms with Crippen LogP contribution in [0.5, 0.6) is 0 Å². The summed E-state index contributed by atoms with van der Waals surface area (Å²) in [5.74, 6) is 1.65. The van der Waals surface area contributed by atoms with Gasteiger partial charge in [0, 0.05) is 5.75 Å². The van der Waals surface area contributed by atoms with E-state index in [1.165, 1.54) is 12.1 Å². The second-order valence-corrected chi connectivity index (χ2v) is 4.88. The van der Waals surface area contributed by atoms with E-state index in [0.29, 0.717) is 5.75 Å². The van der Waals surface area contributed by atoms with E-state index in [9.17, 15) is 9.50 Å². The van der Waals surface area contributed by atoms with Crippen LogP contribution in [-0.2, 0) is 5.60 Å². The van der Waals surface area contributed by atoms with Gasteiger partial charge in [-0.15, -0.1) is 0 Å². The van der Waals surface area contributed by atoms with Crippen LogP contribution in [0.1, 0.15) is 12.5 Å². The SMILES string of the molecule is C[C@@H]1CSC[C@]1(O)c1ccc(F)cc1. The van der Waals surface area contributed by atoms with E-state index in [1.54, 1.807) is 23.9 Å². The molecule has 0 radical (unpaired) electrons. The van der Waals surface area contributed by atoms with Gasteiger partial charge in [-0.25, -0.2) is 4.39 Å². The second-order valence-electron chi connectivity index (χ2n) is 3.85. The van der Waals surface area contributed by atoms with Crippen LogP contribution in [0.2, 0.25) is 0 Å². The van der Waals surface area contributed by atoms with Crippen molar-refractivity contribution < 1.29 is 9.50 Å². The molecule has 1 aromatic rings. The van der Waals surface area contributed by atoms with Gasteiger partial charge >= 0.3 is 0 Å². The van der Waals surface area contributed by atoms with Gasteiger partial charge < -0.3 is 5.11 Å². The minimum Gasteiger partial charge on any atom is -0.384 e. The molecule has 14 heavy (non-hydrogen) atoms. The molecule has 2 atom stereocenters. The van der Waals surface area contributed by atoms with Crippen molar-refractivity contribution in [3.8, 4) is 0 Å². The molecule has 0 amide bonds. The first-order valence-corrected chi connectivity index (χ1v) is 5.84. The van der Waals surface area contributed by atoms with Crippen LogP contribution in [0.4, 0.5) is 4.39 Å². The smallest absolute Gasteiger partial charge is 0.123 e. The molecule has 1 N–H and O–H groups in total. The highest BCUT2D eigenvalue weighted by atomic mass is 32.2. The van der Waals surface area contributed by atoms with Gasteiger partial charge in [-0.2, -0.15) is 11.8 Å². The summed E-state index contributed by atoms with van der Waals surface area (Å²) >= 11 is 1.74. The monoisotopic (exact) mass is 212 g/mol. The van der Waals surface area contributed by atoms with Crippen LogP contribution in [0.3, 0.4) is 0 Å². The fraction of sp³-hybridized carbons (Fsp3) is 0.455. The van der Waals surface area contributed by atoms with Gasteiger partial charge in [0.15, 0.2) is 0 Å². The number of halogens is 1. The summed E-state index contributed by atoms with van der Waals surface area (Å²) in [5, 5.41) is 10.4. The molecule has 0 unspecified atom stereocenters. The third kappa shape index (κ3) is 1.55. The molecule has 3 heteroatoms. The van der Waals surface area contributed by atoms with Crippen molar-refractivity contribution in [2.75, 3.05) is 11.5 Å². The summed E-state index contributed by atoms with van der Waals surface area (Å²) in [7, 11) is 0. The maximum Gasteiger partial charge on any atom is 0.123 e. The van der Waals surface area contributed by atoms with E-state index in [0.717, 1.165) is 11.3 Å². The van der Waals surface area contributed by atoms with Gasteiger partial charge in [-0.1, -0.05) is 19.1 Å². The quantitative estimate of drug-likeness (QED) is 0.771. The largest absolute Gasteiger partial charge is 0.384 e. The third-order valence-corrected chi connectivity index (χ3v) is 4.23. The Kier molecular flexibility index (Phi) is 2.54. The number of hydrogen-bond acceptors (Lipinski definition) is 2. The zero-order valence-electron chi connectivity index (χ0n) is 8.03. The van der Waals surface area contributed by atoms with Gasteiger partial charge in [0.25, 0.3) is 0 Å². The van der Waals surface area contributed by atoms with Crippen LogP contribution >= 0.6 is 11.8 Å². The molecule has 1 fully saturated rings. The summed E-state index contributed by atoms with van der Waals surface area (Å²) in [5.41, 5.74) is 0.0645. The van der Waals surface area contributed by atoms with Crippen molar-refractivity contribution in [2.45, 2.75) is 12.5 Å². The van der Waals surface area contributed by atoms with Gasteiger partial charge in [0.2, 0.25) is 0 Å². The van der Waals surface area contributed by atoms with Crippen molar-refractivity contribution >= 4 is 11.8 Å². The number of hydrogen-bond donors (Lipinski definition) is 1. The minimum absolute atomic E-state index is 0.234. The summed E-state index contributed by atoms with van der Waals surface area (Å²) < 4.78 is 12.7. The molecule has 1 aliphatic heterocycles. The van der Waals surface area contributed by atoms with Crippen LogP contribution in [-0.4, -0.2) is 16.6 Å². The Labute approximate surface area is 87.3 Å². The number of benzene rings is 1. The first-order valence-electron chi connectivity index (χ1n) is 4.69. The van der Waals surface area contributed by atoms with Crippen LogP contribution < -0.4 is 0 Å². The molecular weight excluding hydrogens is 199 g/mol. The summed E-state index contributed by atoms with van der Waals surface area (Å²) in [6, 6.07) is 6.17. The number of aliphatic hydroxyl groups is 1. The molecule has 0 aliphatic carbocycles. The maximum atomic E-state index is 12.7. The topological polar surface area (TPSA) is 20.2 Å². The number of rotatable bonds is 1. The van der Waals surface area contributed by atoms with Crippen LogP contribution in [0.15, 0.2) is 24.3 Å². The van der Waals surface area contributed by atoms with E-state index >= 15 is 0 Å². The first kappa shape index (κ1) is 9.99. The normalized spacial score (nSPS) is 32.1. The summed E-state index contributed by atoms with van der Waals surface area (Å²) in [6.45, 7) is 2.03. The summed E-state index contributed by atoms with van der Waals surface area (Å²) in [6.07, 6.45) is 0. The average molecular weight is 212 g/mol. The van der Waals surface area contributed by atoms with E-state index in [1.807, 2.05) is 6.92 Å². The fourth-order valence-electron chi connectivity index (χ4n) is 1.78. The Morgan fingerprint density at radius 3 is 2.57 bits per heavy atom. The standard InChI is InChI=1S/C11H13FOS/c1-8-6-14-7-11(8,13)9-2-4-10(12)5-3-9/h2-5,8,13H,6-7H2,1H3/t8-,11-/m1/s1. The highest BCUT2D eigenvalue weighted by Crippen LogP contribution is 2.41. The Morgan fingerprint density at radius 1 is 1.43 bits per heavy atom. The molecule has 1 aliphatic rings. The minimum atomic E-state index is -0.766. The molecule has 0 aromatic heterocycles. The highest BCUT2D eigenvalue weighted by molar-refractivity contribution is 7.99. The maximum absolute atomic E-state index is 12.7. The highest BCUT2D eigenvalue weighted by Gasteiger charge is 2.40. The van der Waals surface area contributed by atoms with E-state index < -0.39 is 5.60 Å². The van der Waals surface area contributed by atoms with Crippen molar-refractivity contribution in [2.24, 2.45) is 5.92 Å². The van der Waals surface area contributed by atoms with Crippen LogP contribution in [0.25, 0.3) is 0 Å². The lowest BCUT2D eigenvalue weighted by Crippen LogP contribution is -2.32. The molecule has 2 rings (SSSR count). The second kappa shape index (κ2) is 3.55. The first-order chi connectivity index (χ1) is 6.63. The third-order valence-electron chi connectivity index (χ3n) is 2.85. The zero-order valence-corrected chi connectivity index (χ0v) is 8.85. The van der Waals surface area contributed by atoms with Gasteiger partial charge in [0.05, 0.1) is 0 Å². The van der Waals surface area contributed by atoms with Crippen molar-refractivity contribution in [1.82, 2.24) is 0 Å². The zero-order chi connectivity index (χ0) is 10.2. The molecular formula is C11H13FOS.